The van der Waals surface area contributed by atoms with E-state index in [0.29, 0.717) is 17.5 Å². The van der Waals surface area contributed by atoms with Gasteiger partial charge in [-0.1, -0.05) is 49.6 Å². The fourth-order valence-corrected chi connectivity index (χ4v) is 4.69. The number of methoxy groups -OCH3 is 2. The first kappa shape index (κ1) is 21.2. The van der Waals surface area contributed by atoms with Crippen molar-refractivity contribution in [2.45, 2.75) is 38.1 Å². The fraction of sp³-hybridized carbons (Fsp3) is 0.333. The van der Waals surface area contributed by atoms with Crippen molar-refractivity contribution in [1.82, 2.24) is 4.68 Å². The Labute approximate surface area is 186 Å². The molecule has 0 atom stereocenters. The van der Waals surface area contributed by atoms with Crippen LogP contribution < -0.4 is 14.3 Å². The third-order valence-corrected chi connectivity index (χ3v) is 6.28. The first-order chi connectivity index (χ1) is 15.2. The van der Waals surface area contributed by atoms with E-state index >= 15 is 0 Å². The number of hydrogen-bond acceptors (Lipinski definition) is 6. The molecule has 6 nitrogen and oxygen atoms in total. The second kappa shape index (κ2) is 9.83. The molecule has 31 heavy (non-hydrogen) atoms. The van der Waals surface area contributed by atoms with Crippen LogP contribution in [0.5, 0.6) is 17.2 Å². The zero-order valence-corrected chi connectivity index (χ0v) is 18.6. The standard InChI is InChI=1S/C24H27N3O3S/c1-29-21-13-17(14-22(30-2)23(21)28)15-25-27-20(18-9-5-3-6-10-18)16-31-24(27)26-19-11-7-4-8-12-19/h3,5-6,9-10,13-16,19,28H,4,7-8,11-12H2,1-2H3. The van der Waals surface area contributed by atoms with Crippen molar-refractivity contribution in [3.05, 3.63) is 58.2 Å². The maximum atomic E-state index is 10.2. The van der Waals surface area contributed by atoms with Crippen molar-refractivity contribution in [1.29, 1.82) is 0 Å². The maximum absolute atomic E-state index is 10.2. The van der Waals surface area contributed by atoms with E-state index < -0.39 is 0 Å². The zero-order chi connectivity index (χ0) is 21.6. The lowest BCUT2D eigenvalue weighted by molar-refractivity contribution is 0.340. The van der Waals surface area contributed by atoms with Crippen LogP contribution >= 0.6 is 11.3 Å². The van der Waals surface area contributed by atoms with Crippen LogP contribution in [0.25, 0.3) is 11.3 Å². The van der Waals surface area contributed by atoms with Crippen LogP contribution in [0.15, 0.2) is 57.9 Å². The van der Waals surface area contributed by atoms with Gasteiger partial charge in [0.25, 0.3) is 0 Å². The molecular formula is C24H27N3O3S. The molecular weight excluding hydrogens is 410 g/mol. The molecule has 162 valence electrons. The lowest BCUT2D eigenvalue weighted by Gasteiger charge is -2.16. The fourth-order valence-electron chi connectivity index (χ4n) is 3.79. The highest BCUT2D eigenvalue weighted by molar-refractivity contribution is 7.07. The summed E-state index contributed by atoms with van der Waals surface area (Å²) in [5.41, 5.74) is 2.84. The summed E-state index contributed by atoms with van der Waals surface area (Å²) in [7, 11) is 3.02. The van der Waals surface area contributed by atoms with Crippen molar-refractivity contribution in [3.8, 4) is 28.5 Å². The number of benzene rings is 2. The number of thiazole rings is 1. The summed E-state index contributed by atoms with van der Waals surface area (Å²) in [4.78, 5) is 5.92. The van der Waals surface area contributed by atoms with E-state index in [9.17, 15) is 5.11 Å². The highest BCUT2D eigenvalue weighted by Crippen LogP contribution is 2.36. The Balaban J connectivity index is 1.77. The molecule has 1 aliphatic rings. The summed E-state index contributed by atoms with van der Waals surface area (Å²) in [5.74, 6) is 0.654. The molecule has 0 unspecified atom stereocenters. The number of nitrogens with zero attached hydrogens (tertiary/aromatic N) is 3. The Hall–Kier alpha value is -3.06. The third-order valence-electron chi connectivity index (χ3n) is 5.45. The SMILES string of the molecule is COc1cc(C=Nn2c(-c3ccccc3)csc2=NC2CCCCC2)cc(OC)c1O. The van der Waals surface area contributed by atoms with Gasteiger partial charge >= 0.3 is 0 Å². The van der Waals surface area contributed by atoms with Gasteiger partial charge in [0.15, 0.2) is 11.5 Å². The van der Waals surface area contributed by atoms with Gasteiger partial charge in [-0.2, -0.15) is 5.10 Å². The van der Waals surface area contributed by atoms with Crippen molar-refractivity contribution in [2.24, 2.45) is 10.1 Å². The normalized spacial score (nSPS) is 15.5. The molecule has 1 fully saturated rings. The predicted molar refractivity (Wildman–Crippen MR) is 124 cm³/mol. The average molecular weight is 438 g/mol. The number of aromatic hydroxyl groups is 1. The second-order valence-electron chi connectivity index (χ2n) is 7.52. The summed E-state index contributed by atoms with van der Waals surface area (Å²) in [6.45, 7) is 0. The quantitative estimate of drug-likeness (QED) is 0.549. The average Bonchev–Trinajstić information content (AvgIpc) is 3.21. The summed E-state index contributed by atoms with van der Waals surface area (Å²) in [5, 5.41) is 17.0. The van der Waals surface area contributed by atoms with Gasteiger partial charge in [0, 0.05) is 16.5 Å². The Morgan fingerprint density at radius 1 is 1.03 bits per heavy atom. The largest absolute Gasteiger partial charge is 0.502 e. The van der Waals surface area contributed by atoms with E-state index in [0.717, 1.165) is 34.5 Å². The van der Waals surface area contributed by atoms with Gasteiger partial charge in [-0.05, 0) is 25.0 Å². The number of phenols is 1. The van der Waals surface area contributed by atoms with Gasteiger partial charge in [-0.25, -0.2) is 4.68 Å². The summed E-state index contributed by atoms with van der Waals surface area (Å²) in [6, 6.07) is 14.0. The summed E-state index contributed by atoms with van der Waals surface area (Å²) >= 11 is 1.61. The topological polar surface area (TPSA) is 68.3 Å². The monoisotopic (exact) mass is 437 g/mol. The summed E-state index contributed by atoms with van der Waals surface area (Å²) < 4.78 is 12.4. The minimum Gasteiger partial charge on any atom is -0.502 e. The van der Waals surface area contributed by atoms with Crippen molar-refractivity contribution >= 4 is 17.6 Å². The lowest BCUT2D eigenvalue weighted by atomic mass is 9.96. The molecule has 0 spiro atoms. The molecule has 1 heterocycles. The van der Waals surface area contributed by atoms with Gasteiger partial charge in [0.2, 0.25) is 10.6 Å². The van der Waals surface area contributed by atoms with Gasteiger partial charge in [-0.3, -0.25) is 4.99 Å². The molecule has 7 heteroatoms. The van der Waals surface area contributed by atoms with Crippen LogP contribution in [0.2, 0.25) is 0 Å². The number of phenolic OH excluding ortho intramolecular Hbond substituents is 1. The molecule has 1 aliphatic carbocycles. The van der Waals surface area contributed by atoms with E-state index in [2.05, 4.69) is 17.5 Å². The molecule has 4 rings (SSSR count). The van der Waals surface area contributed by atoms with Crippen LogP contribution in [-0.4, -0.2) is 36.3 Å². The Morgan fingerprint density at radius 2 is 1.71 bits per heavy atom. The van der Waals surface area contributed by atoms with Crippen LogP contribution in [0.4, 0.5) is 0 Å². The van der Waals surface area contributed by atoms with Crippen LogP contribution in [0.3, 0.4) is 0 Å². The number of ether oxygens (including phenoxy) is 2. The van der Waals surface area contributed by atoms with Crippen LogP contribution in [0, 0.1) is 0 Å². The maximum Gasteiger partial charge on any atom is 0.206 e. The highest BCUT2D eigenvalue weighted by Gasteiger charge is 2.14. The van der Waals surface area contributed by atoms with E-state index in [1.807, 2.05) is 22.9 Å². The van der Waals surface area contributed by atoms with E-state index in [-0.39, 0.29) is 5.75 Å². The lowest BCUT2D eigenvalue weighted by Crippen LogP contribution is -2.19. The van der Waals surface area contributed by atoms with Gasteiger partial charge < -0.3 is 14.6 Å². The molecule has 1 aromatic heterocycles. The first-order valence-electron chi connectivity index (χ1n) is 10.5. The number of hydrogen-bond donors (Lipinski definition) is 1. The predicted octanol–water partition coefficient (Wildman–Crippen LogP) is 5.06. The molecule has 0 bridgehead atoms. The van der Waals surface area contributed by atoms with E-state index in [1.165, 1.54) is 33.5 Å². The molecule has 0 radical (unpaired) electrons. The molecule has 1 saturated carbocycles. The molecule has 3 aromatic rings. The third kappa shape index (κ3) is 4.82. The van der Waals surface area contributed by atoms with Crippen LogP contribution in [-0.2, 0) is 0 Å². The van der Waals surface area contributed by atoms with Crippen molar-refractivity contribution < 1.29 is 14.6 Å². The van der Waals surface area contributed by atoms with E-state index in [4.69, 9.17) is 19.6 Å². The summed E-state index contributed by atoms with van der Waals surface area (Å²) in [6.07, 6.45) is 7.78. The number of aromatic nitrogens is 1. The number of rotatable bonds is 6. The Bertz CT molecular complexity index is 1090. The highest BCUT2D eigenvalue weighted by atomic mass is 32.1. The molecule has 0 aliphatic heterocycles. The molecule has 0 amide bonds. The van der Waals surface area contributed by atoms with E-state index in [1.54, 1.807) is 29.7 Å². The molecule has 2 aromatic carbocycles. The Kier molecular flexibility index (Phi) is 6.72. The first-order valence-corrected chi connectivity index (χ1v) is 11.4. The minimum absolute atomic E-state index is 0.0247. The zero-order valence-electron chi connectivity index (χ0n) is 17.8. The molecule has 1 N–H and O–H groups in total. The van der Waals surface area contributed by atoms with Crippen molar-refractivity contribution in [2.75, 3.05) is 14.2 Å². The smallest absolute Gasteiger partial charge is 0.206 e. The van der Waals surface area contributed by atoms with Crippen molar-refractivity contribution in [3.63, 3.8) is 0 Å². The van der Waals surface area contributed by atoms with Gasteiger partial charge in [0.1, 0.15) is 0 Å². The minimum atomic E-state index is -0.0247. The second-order valence-corrected chi connectivity index (χ2v) is 8.36. The van der Waals surface area contributed by atoms with Gasteiger partial charge in [-0.15, -0.1) is 11.3 Å². The molecule has 0 saturated heterocycles. The Morgan fingerprint density at radius 3 is 2.35 bits per heavy atom. The van der Waals surface area contributed by atoms with Crippen LogP contribution in [0.1, 0.15) is 37.7 Å². The van der Waals surface area contributed by atoms with Gasteiger partial charge in [0.05, 0.1) is 32.2 Å².